The van der Waals surface area contributed by atoms with Gasteiger partial charge in [0.1, 0.15) is 6.33 Å². The predicted molar refractivity (Wildman–Crippen MR) is 72.3 cm³/mol. The van der Waals surface area contributed by atoms with Crippen LogP contribution >= 0.6 is 0 Å². The lowest BCUT2D eigenvalue weighted by Crippen LogP contribution is -2.28. The number of carbonyl (C=O) groups excluding carboxylic acids is 1. The van der Waals surface area contributed by atoms with Gasteiger partial charge in [0.2, 0.25) is 5.91 Å². The zero-order valence-electron chi connectivity index (χ0n) is 11.1. The van der Waals surface area contributed by atoms with Gasteiger partial charge in [-0.15, -0.1) is 5.10 Å². The molecule has 1 heterocycles. The van der Waals surface area contributed by atoms with E-state index < -0.39 is 0 Å². The van der Waals surface area contributed by atoms with Crippen molar-refractivity contribution >= 4 is 11.6 Å². The SMILES string of the molecule is COC(CN)CC(=O)Nc1ccc(-n2cnnn2)cc1. The van der Waals surface area contributed by atoms with Gasteiger partial charge < -0.3 is 15.8 Å². The summed E-state index contributed by atoms with van der Waals surface area (Å²) in [6.07, 6.45) is 1.45. The summed E-state index contributed by atoms with van der Waals surface area (Å²) >= 11 is 0. The lowest BCUT2D eigenvalue weighted by molar-refractivity contribution is -0.118. The molecule has 0 spiro atoms. The van der Waals surface area contributed by atoms with Crippen LogP contribution in [0.1, 0.15) is 6.42 Å². The van der Waals surface area contributed by atoms with E-state index in [-0.39, 0.29) is 18.4 Å². The lowest BCUT2D eigenvalue weighted by Gasteiger charge is -2.12. The zero-order valence-corrected chi connectivity index (χ0v) is 11.1. The van der Waals surface area contributed by atoms with Gasteiger partial charge >= 0.3 is 0 Å². The highest BCUT2D eigenvalue weighted by atomic mass is 16.5. The monoisotopic (exact) mass is 276 g/mol. The van der Waals surface area contributed by atoms with Gasteiger partial charge in [0, 0.05) is 19.3 Å². The van der Waals surface area contributed by atoms with Gasteiger partial charge in [0.25, 0.3) is 0 Å². The van der Waals surface area contributed by atoms with Crippen molar-refractivity contribution in [2.24, 2.45) is 5.73 Å². The fourth-order valence-corrected chi connectivity index (χ4v) is 1.66. The molecule has 0 fully saturated rings. The molecule has 106 valence electrons. The summed E-state index contributed by atoms with van der Waals surface area (Å²) in [5, 5.41) is 13.7. The largest absolute Gasteiger partial charge is 0.380 e. The quantitative estimate of drug-likeness (QED) is 0.766. The number of tetrazole rings is 1. The molecule has 8 heteroatoms. The third-order valence-electron chi connectivity index (χ3n) is 2.77. The van der Waals surface area contributed by atoms with Crippen molar-refractivity contribution in [1.29, 1.82) is 0 Å². The summed E-state index contributed by atoms with van der Waals surface area (Å²) < 4.78 is 6.59. The maximum absolute atomic E-state index is 11.8. The molecule has 0 radical (unpaired) electrons. The van der Waals surface area contributed by atoms with E-state index in [1.54, 1.807) is 12.1 Å². The summed E-state index contributed by atoms with van der Waals surface area (Å²) in [7, 11) is 1.53. The number of nitrogens with two attached hydrogens (primary N) is 1. The number of ether oxygens (including phenoxy) is 1. The molecule has 3 N–H and O–H groups in total. The summed E-state index contributed by atoms with van der Waals surface area (Å²) in [5.74, 6) is -0.141. The van der Waals surface area contributed by atoms with Crippen LogP contribution in [0.3, 0.4) is 0 Å². The molecule has 0 aliphatic rings. The van der Waals surface area contributed by atoms with E-state index in [2.05, 4.69) is 20.8 Å². The van der Waals surface area contributed by atoms with Gasteiger partial charge in [0.15, 0.2) is 0 Å². The molecule has 0 aliphatic heterocycles. The number of amides is 1. The van der Waals surface area contributed by atoms with Crippen LogP contribution in [-0.2, 0) is 9.53 Å². The maximum Gasteiger partial charge on any atom is 0.227 e. The van der Waals surface area contributed by atoms with Crippen LogP contribution in [0, 0.1) is 0 Å². The lowest BCUT2D eigenvalue weighted by atomic mass is 10.2. The zero-order chi connectivity index (χ0) is 14.4. The first-order chi connectivity index (χ1) is 9.72. The topological polar surface area (TPSA) is 108 Å². The van der Waals surface area contributed by atoms with Crippen LogP contribution in [-0.4, -0.2) is 45.9 Å². The third kappa shape index (κ3) is 3.59. The van der Waals surface area contributed by atoms with E-state index in [0.717, 1.165) is 5.69 Å². The minimum Gasteiger partial charge on any atom is -0.380 e. The molecule has 2 aromatic rings. The second kappa shape index (κ2) is 6.73. The van der Waals surface area contributed by atoms with Crippen molar-refractivity contribution < 1.29 is 9.53 Å². The number of benzene rings is 1. The molecule has 1 atom stereocenters. The number of hydrogen-bond acceptors (Lipinski definition) is 6. The fourth-order valence-electron chi connectivity index (χ4n) is 1.66. The number of anilines is 1. The Kier molecular flexibility index (Phi) is 4.75. The summed E-state index contributed by atoms with van der Waals surface area (Å²) in [5.41, 5.74) is 6.98. The van der Waals surface area contributed by atoms with Gasteiger partial charge in [-0.2, -0.15) is 0 Å². The average Bonchev–Trinajstić information content (AvgIpc) is 2.99. The van der Waals surface area contributed by atoms with Crippen molar-refractivity contribution in [2.45, 2.75) is 12.5 Å². The smallest absolute Gasteiger partial charge is 0.227 e. The van der Waals surface area contributed by atoms with Gasteiger partial charge in [-0.05, 0) is 34.7 Å². The third-order valence-corrected chi connectivity index (χ3v) is 2.77. The van der Waals surface area contributed by atoms with Gasteiger partial charge in [-0.3, -0.25) is 4.79 Å². The molecule has 8 nitrogen and oxygen atoms in total. The molecular weight excluding hydrogens is 260 g/mol. The highest BCUT2D eigenvalue weighted by molar-refractivity contribution is 5.91. The molecule has 0 bridgehead atoms. The number of rotatable bonds is 6. The van der Waals surface area contributed by atoms with Crippen LogP contribution in [0.15, 0.2) is 30.6 Å². The minimum atomic E-state index is -0.268. The van der Waals surface area contributed by atoms with Gasteiger partial charge in [-0.1, -0.05) is 0 Å². The highest BCUT2D eigenvalue weighted by Crippen LogP contribution is 2.12. The van der Waals surface area contributed by atoms with Crippen LogP contribution in [0.4, 0.5) is 5.69 Å². The first-order valence-corrected chi connectivity index (χ1v) is 6.09. The second-order valence-corrected chi connectivity index (χ2v) is 4.15. The number of hydrogen-bond donors (Lipinski definition) is 2. The molecule has 1 unspecified atom stereocenters. The summed E-state index contributed by atoms with van der Waals surface area (Å²) in [6, 6.07) is 7.17. The molecule has 0 saturated heterocycles. The second-order valence-electron chi connectivity index (χ2n) is 4.15. The minimum absolute atomic E-state index is 0.141. The number of nitrogens with one attached hydrogen (secondary N) is 1. The van der Waals surface area contributed by atoms with E-state index in [0.29, 0.717) is 12.2 Å². The Bertz CT molecular complexity index is 536. The Hall–Kier alpha value is -2.32. The normalized spacial score (nSPS) is 12.1. The van der Waals surface area contributed by atoms with Gasteiger partial charge in [-0.25, -0.2) is 4.68 Å². The van der Waals surface area contributed by atoms with Gasteiger partial charge in [0.05, 0.1) is 18.2 Å². The van der Waals surface area contributed by atoms with Crippen molar-refractivity contribution in [3.63, 3.8) is 0 Å². The number of carbonyl (C=O) groups is 1. The maximum atomic E-state index is 11.8. The van der Waals surface area contributed by atoms with E-state index in [1.165, 1.54) is 18.1 Å². The summed E-state index contributed by atoms with van der Waals surface area (Å²) in [6.45, 7) is 0.308. The van der Waals surface area contributed by atoms with Crippen molar-refractivity contribution in [3.05, 3.63) is 30.6 Å². The molecule has 1 amide bonds. The van der Waals surface area contributed by atoms with E-state index >= 15 is 0 Å². The Morgan fingerprint density at radius 2 is 2.20 bits per heavy atom. The fraction of sp³-hybridized carbons (Fsp3) is 0.333. The predicted octanol–water partition coefficient (Wildman–Crippen LogP) is -0.0354. The van der Waals surface area contributed by atoms with Crippen molar-refractivity contribution in [1.82, 2.24) is 20.2 Å². The van der Waals surface area contributed by atoms with E-state index in [1.807, 2.05) is 12.1 Å². The van der Waals surface area contributed by atoms with Crippen LogP contribution < -0.4 is 11.1 Å². The Morgan fingerprint density at radius 3 is 2.75 bits per heavy atom. The Labute approximate surface area is 115 Å². The average molecular weight is 276 g/mol. The van der Waals surface area contributed by atoms with E-state index in [4.69, 9.17) is 10.5 Å². The van der Waals surface area contributed by atoms with E-state index in [9.17, 15) is 4.79 Å². The number of methoxy groups -OCH3 is 1. The Morgan fingerprint density at radius 1 is 1.45 bits per heavy atom. The van der Waals surface area contributed by atoms with Crippen LogP contribution in [0.2, 0.25) is 0 Å². The number of aromatic nitrogens is 4. The number of nitrogens with zero attached hydrogens (tertiary/aromatic N) is 4. The molecule has 0 aliphatic carbocycles. The molecular formula is C12H16N6O2. The molecule has 1 aromatic heterocycles. The van der Waals surface area contributed by atoms with Crippen molar-refractivity contribution in [2.75, 3.05) is 19.0 Å². The molecule has 0 saturated carbocycles. The standard InChI is InChI=1S/C12H16N6O2/c1-20-11(7-13)6-12(19)15-9-2-4-10(5-3-9)18-8-14-16-17-18/h2-5,8,11H,6-7,13H2,1H3,(H,15,19). The first-order valence-electron chi connectivity index (χ1n) is 6.09. The van der Waals surface area contributed by atoms with Crippen LogP contribution in [0.5, 0.6) is 0 Å². The highest BCUT2D eigenvalue weighted by Gasteiger charge is 2.11. The van der Waals surface area contributed by atoms with Crippen molar-refractivity contribution in [3.8, 4) is 5.69 Å². The molecule has 20 heavy (non-hydrogen) atoms. The molecule has 2 rings (SSSR count). The Balaban J connectivity index is 1.95. The first kappa shape index (κ1) is 14.1. The molecule has 1 aromatic carbocycles. The van der Waals surface area contributed by atoms with Crippen LogP contribution in [0.25, 0.3) is 5.69 Å². The summed E-state index contributed by atoms with van der Waals surface area (Å²) in [4.78, 5) is 11.8.